The third-order valence-electron chi connectivity index (χ3n) is 1.66. The van der Waals surface area contributed by atoms with E-state index < -0.39 is 11.7 Å². The zero-order valence-corrected chi connectivity index (χ0v) is 8.94. The third kappa shape index (κ3) is 4.57. The SMILES string of the molecule is NNc1ncc(F)c(NCCOCC(N)=O)n1. The van der Waals surface area contributed by atoms with Crippen LogP contribution in [-0.2, 0) is 9.53 Å². The van der Waals surface area contributed by atoms with Crippen molar-refractivity contribution in [3.05, 3.63) is 12.0 Å². The number of amides is 1. The summed E-state index contributed by atoms with van der Waals surface area (Å²) in [6.45, 7) is 0.284. The highest BCUT2D eigenvalue weighted by Crippen LogP contribution is 2.10. The number of nitrogens with two attached hydrogens (primary N) is 2. The first-order valence-electron chi connectivity index (χ1n) is 4.72. The Morgan fingerprint density at radius 1 is 1.59 bits per heavy atom. The average molecular weight is 244 g/mol. The lowest BCUT2D eigenvalue weighted by Gasteiger charge is -2.07. The fraction of sp³-hybridized carbons (Fsp3) is 0.375. The van der Waals surface area contributed by atoms with Crippen molar-refractivity contribution in [2.45, 2.75) is 0 Å². The normalized spacial score (nSPS) is 10.0. The Morgan fingerprint density at radius 3 is 3.00 bits per heavy atom. The number of primary amides is 1. The van der Waals surface area contributed by atoms with Crippen molar-refractivity contribution in [2.24, 2.45) is 11.6 Å². The number of hydrogen-bond donors (Lipinski definition) is 4. The highest BCUT2D eigenvalue weighted by atomic mass is 19.1. The molecule has 1 rings (SSSR count). The van der Waals surface area contributed by atoms with Gasteiger partial charge in [0.1, 0.15) is 6.61 Å². The Morgan fingerprint density at radius 2 is 2.35 bits per heavy atom. The van der Waals surface area contributed by atoms with Crippen molar-refractivity contribution < 1.29 is 13.9 Å². The molecule has 0 aromatic carbocycles. The Bertz CT molecular complexity index is 388. The van der Waals surface area contributed by atoms with E-state index in [1.54, 1.807) is 0 Å². The van der Waals surface area contributed by atoms with Crippen LogP contribution in [0.4, 0.5) is 16.2 Å². The molecule has 0 bridgehead atoms. The highest BCUT2D eigenvalue weighted by molar-refractivity contribution is 5.74. The monoisotopic (exact) mass is 244 g/mol. The molecule has 0 saturated carbocycles. The van der Waals surface area contributed by atoms with E-state index in [9.17, 15) is 9.18 Å². The van der Waals surface area contributed by atoms with Gasteiger partial charge in [-0.15, -0.1) is 0 Å². The van der Waals surface area contributed by atoms with Crippen LogP contribution >= 0.6 is 0 Å². The van der Waals surface area contributed by atoms with Crippen LogP contribution in [0.1, 0.15) is 0 Å². The summed E-state index contributed by atoms with van der Waals surface area (Å²) in [6, 6.07) is 0. The number of rotatable bonds is 7. The number of hydrogen-bond acceptors (Lipinski definition) is 7. The van der Waals surface area contributed by atoms with Crippen LogP contribution < -0.4 is 22.3 Å². The number of nitrogens with zero attached hydrogens (tertiary/aromatic N) is 2. The number of ether oxygens (including phenoxy) is 1. The van der Waals surface area contributed by atoms with Crippen molar-refractivity contribution in [3.8, 4) is 0 Å². The molecule has 94 valence electrons. The van der Waals surface area contributed by atoms with Gasteiger partial charge in [0.25, 0.3) is 0 Å². The first-order chi connectivity index (χ1) is 8.13. The first-order valence-corrected chi connectivity index (χ1v) is 4.72. The summed E-state index contributed by atoms with van der Waals surface area (Å²) in [5, 5.41) is 2.66. The van der Waals surface area contributed by atoms with Crippen LogP contribution in [-0.4, -0.2) is 35.6 Å². The summed E-state index contributed by atoms with van der Waals surface area (Å²) >= 11 is 0. The second-order valence-corrected chi connectivity index (χ2v) is 2.98. The summed E-state index contributed by atoms with van der Waals surface area (Å²) in [5.41, 5.74) is 7.05. The second kappa shape index (κ2) is 6.55. The van der Waals surface area contributed by atoms with Crippen molar-refractivity contribution in [2.75, 3.05) is 30.5 Å². The van der Waals surface area contributed by atoms with Gasteiger partial charge < -0.3 is 15.8 Å². The van der Waals surface area contributed by atoms with Crippen LogP contribution in [0.2, 0.25) is 0 Å². The maximum atomic E-state index is 13.2. The maximum Gasteiger partial charge on any atom is 0.243 e. The first kappa shape index (κ1) is 13.1. The zero-order chi connectivity index (χ0) is 12.7. The number of halogens is 1. The van der Waals surface area contributed by atoms with Crippen molar-refractivity contribution in [3.63, 3.8) is 0 Å². The van der Waals surface area contributed by atoms with E-state index in [2.05, 4.69) is 20.7 Å². The van der Waals surface area contributed by atoms with Gasteiger partial charge in [-0.3, -0.25) is 10.2 Å². The fourth-order valence-electron chi connectivity index (χ4n) is 0.975. The number of hydrazine groups is 1. The third-order valence-corrected chi connectivity index (χ3v) is 1.66. The summed E-state index contributed by atoms with van der Waals surface area (Å²) in [4.78, 5) is 17.7. The molecule has 0 saturated heterocycles. The topological polar surface area (TPSA) is 128 Å². The van der Waals surface area contributed by atoms with Crippen molar-refractivity contribution in [1.29, 1.82) is 0 Å². The fourth-order valence-corrected chi connectivity index (χ4v) is 0.975. The predicted molar refractivity (Wildman–Crippen MR) is 58.3 cm³/mol. The minimum Gasteiger partial charge on any atom is -0.370 e. The molecule has 0 aliphatic carbocycles. The van der Waals surface area contributed by atoms with E-state index in [0.29, 0.717) is 0 Å². The van der Waals surface area contributed by atoms with Gasteiger partial charge in [-0.1, -0.05) is 0 Å². The Balaban J connectivity index is 2.38. The van der Waals surface area contributed by atoms with Crippen molar-refractivity contribution in [1.82, 2.24) is 9.97 Å². The number of nitrogens with one attached hydrogen (secondary N) is 2. The number of anilines is 2. The van der Waals surface area contributed by atoms with E-state index >= 15 is 0 Å². The molecule has 1 aromatic rings. The quantitative estimate of drug-likeness (QED) is 0.270. The van der Waals surface area contributed by atoms with Crippen LogP contribution in [0.3, 0.4) is 0 Å². The van der Waals surface area contributed by atoms with Crippen LogP contribution in [0.25, 0.3) is 0 Å². The van der Waals surface area contributed by atoms with E-state index in [4.69, 9.17) is 16.3 Å². The van der Waals surface area contributed by atoms with Gasteiger partial charge in [0.05, 0.1) is 12.8 Å². The Hall–Kier alpha value is -2.00. The molecule has 0 aliphatic rings. The molecule has 0 fully saturated rings. The number of carbonyl (C=O) groups is 1. The summed E-state index contributed by atoms with van der Waals surface area (Å²) in [5.74, 6) is 3.99. The Labute approximate surface area is 96.5 Å². The summed E-state index contributed by atoms with van der Waals surface area (Å²) in [7, 11) is 0. The number of carbonyl (C=O) groups excluding carboxylic acids is 1. The molecule has 0 radical (unpaired) electrons. The smallest absolute Gasteiger partial charge is 0.243 e. The Kier molecular flexibility index (Phi) is 5.04. The predicted octanol–water partition coefficient (Wildman–Crippen LogP) is -1.18. The molecule has 9 heteroatoms. The van der Waals surface area contributed by atoms with E-state index in [0.717, 1.165) is 6.20 Å². The van der Waals surface area contributed by atoms with Gasteiger partial charge in [-0.2, -0.15) is 4.98 Å². The number of aromatic nitrogens is 2. The van der Waals surface area contributed by atoms with Gasteiger partial charge in [0.2, 0.25) is 11.9 Å². The van der Waals surface area contributed by atoms with Crippen LogP contribution in [0.5, 0.6) is 0 Å². The van der Waals surface area contributed by atoms with Gasteiger partial charge in [-0.05, 0) is 0 Å². The average Bonchev–Trinajstić information content (AvgIpc) is 2.30. The van der Waals surface area contributed by atoms with Gasteiger partial charge >= 0.3 is 0 Å². The lowest BCUT2D eigenvalue weighted by atomic mass is 10.5. The van der Waals surface area contributed by atoms with Gasteiger partial charge in [0.15, 0.2) is 11.6 Å². The molecule has 0 spiro atoms. The molecule has 0 atom stereocenters. The standard InChI is InChI=1S/C8H13FN6O2/c9-5-3-13-8(15-11)14-7(5)12-1-2-17-4-6(10)16/h3H,1-2,4,11H2,(H2,10,16)(H2,12,13,14,15). The lowest BCUT2D eigenvalue weighted by molar-refractivity contribution is -0.122. The maximum absolute atomic E-state index is 13.2. The molecule has 1 heterocycles. The molecule has 8 nitrogen and oxygen atoms in total. The minimum atomic E-state index is -0.612. The molecule has 17 heavy (non-hydrogen) atoms. The minimum absolute atomic E-state index is 0.00405. The van der Waals surface area contributed by atoms with E-state index in [-0.39, 0.29) is 31.5 Å². The molecular formula is C8H13FN6O2. The molecule has 0 aliphatic heterocycles. The lowest BCUT2D eigenvalue weighted by Crippen LogP contribution is -2.21. The van der Waals surface area contributed by atoms with E-state index in [1.807, 2.05) is 0 Å². The second-order valence-electron chi connectivity index (χ2n) is 2.98. The summed E-state index contributed by atoms with van der Waals surface area (Å²) < 4.78 is 18.0. The van der Waals surface area contributed by atoms with Crippen molar-refractivity contribution >= 4 is 17.7 Å². The molecule has 6 N–H and O–H groups in total. The molecular weight excluding hydrogens is 231 g/mol. The molecule has 1 aromatic heterocycles. The zero-order valence-electron chi connectivity index (χ0n) is 8.94. The molecule has 1 amide bonds. The van der Waals surface area contributed by atoms with Gasteiger partial charge in [0, 0.05) is 6.54 Å². The van der Waals surface area contributed by atoms with Crippen LogP contribution in [0, 0.1) is 5.82 Å². The van der Waals surface area contributed by atoms with Crippen LogP contribution in [0.15, 0.2) is 6.20 Å². The summed E-state index contributed by atoms with van der Waals surface area (Å²) in [6.07, 6.45) is 0.981. The number of nitrogen functional groups attached to an aromatic ring is 1. The van der Waals surface area contributed by atoms with Gasteiger partial charge in [-0.25, -0.2) is 15.2 Å². The molecule has 0 unspecified atom stereocenters. The largest absolute Gasteiger partial charge is 0.370 e. The van der Waals surface area contributed by atoms with E-state index in [1.165, 1.54) is 0 Å². The highest BCUT2D eigenvalue weighted by Gasteiger charge is 2.05.